The second-order valence-electron chi connectivity index (χ2n) is 5.25. The predicted molar refractivity (Wildman–Crippen MR) is 68.5 cm³/mol. The third-order valence-electron chi connectivity index (χ3n) is 3.70. The van der Waals surface area contributed by atoms with Crippen LogP contribution < -0.4 is 5.01 Å². The number of alkyl halides is 3. The van der Waals surface area contributed by atoms with E-state index in [0.29, 0.717) is 12.7 Å². The molecule has 21 heavy (non-hydrogen) atoms. The highest BCUT2D eigenvalue weighted by molar-refractivity contribution is 5.95. The summed E-state index contributed by atoms with van der Waals surface area (Å²) >= 11 is 0. The fourth-order valence-electron chi connectivity index (χ4n) is 2.54. The Morgan fingerprint density at radius 1 is 1.29 bits per heavy atom. The maximum absolute atomic E-state index is 13.6. The van der Waals surface area contributed by atoms with Gasteiger partial charge in [-0.3, -0.25) is 5.01 Å². The summed E-state index contributed by atoms with van der Waals surface area (Å²) < 4.78 is 52.8. The van der Waals surface area contributed by atoms with E-state index in [2.05, 4.69) is 5.10 Å². The predicted octanol–water partition coefficient (Wildman–Crippen LogP) is 3.39. The van der Waals surface area contributed by atoms with Crippen LogP contribution in [0, 0.1) is 11.7 Å². The number of anilines is 1. The Kier molecular flexibility index (Phi) is 3.22. The summed E-state index contributed by atoms with van der Waals surface area (Å²) in [5, 5.41) is 5.15. The molecule has 1 heterocycles. The normalized spacial score (nSPS) is 22.4. The minimum Gasteiger partial charge on any atom is -0.301 e. The van der Waals surface area contributed by atoms with Gasteiger partial charge in [0, 0.05) is 12.1 Å². The Hall–Kier alpha value is -1.92. The number of hydrogen-bond donors (Lipinski definition) is 0. The summed E-state index contributed by atoms with van der Waals surface area (Å²) in [5.74, 6) is -1.11. The molecule has 112 valence electrons. The maximum atomic E-state index is 13.6. The van der Waals surface area contributed by atoms with Crippen LogP contribution in [0.2, 0.25) is 0 Å². The molecular formula is C14H12F4N2O. The molecule has 1 unspecified atom stereocenters. The number of carbonyl (C=O) groups is 1. The molecule has 1 aliphatic carbocycles. The fourth-order valence-corrected chi connectivity index (χ4v) is 2.54. The smallest absolute Gasteiger partial charge is 0.301 e. The average Bonchev–Trinajstić information content (AvgIpc) is 3.16. The van der Waals surface area contributed by atoms with Crippen molar-refractivity contribution in [1.29, 1.82) is 0 Å². The molecule has 1 saturated carbocycles. The third-order valence-corrected chi connectivity index (χ3v) is 3.70. The maximum Gasteiger partial charge on any atom is 0.421 e. The van der Waals surface area contributed by atoms with Crippen molar-refractivity contribution >= 4 is 17.7 Å². The molecule has 0 saturated heterocycles. The van der Waals surface area contributed by atoms with Crippen molar-refractivity contribution in [2.45, 2.75) is 31.5 Å². The van der Waals surface area contributed by atoms with Crippen LogP contribution in [0.3, 0.4) is 0 Å². The van der Waals surface area contributed by atoms with E-state index in [0.717, 1.165) is 35.7 Å². The van der Waals surface area contributed by atoms with Crippen molar-refractivity contribution in [3.63, 3.8) is 0 Å². The highest BCUT2D eigenvalue weighted by Gasteiger charge is 2.42. The van der Waals surface area contributed by atoms with Crippen LogP contribution in [0.4, 0.5) is 23.2 Å². The number of hydrogen-bond acceptors (Lipinski definition) is 3. The topological polar surface area (TPSA) is 32.7 Å². The lowest BCUT2D eigenvalue weighted by atomic mass is 10.1. The first-order chi connectivity index (χ1) is 9.91. The van der Waals surface area contributed by atoms with Crippen LogP contribution in [0.1, 0.15) is 24.8 Å². The van der Waals surface area contributed by atoms with Crippen molar-refractivity contribution in [3.05, 3.63) is 29.6 Å². The van der Waals surface area contributed by atoms with Gasteiger partial charge in [0.25, 0.3) is 0 Å². The van der Waals surface area contributed by atoms with Crippen molar-refractivity contribution in [1.82, 2.24) is 0 Å². The van der Waals surface area contributed by atoms with Gasteiger partial charge in [-0.1, -0.05) is 6.07 Å². The Morgan fingerprint density at radius 3 is 2.57 bits per heavy atom. The van der Waals surface area contributed by atoms with Crippen LogP contribution in [-0.4, -0.2) is 18.0 Å². The van der Waals surface area contributed by atoms with Gasteiger partial charge >= 0.3 is 6.18 Å². The standard InChI is InChI=1S/C14H12F4N2O/c15-10-2-1-3-12(13(10)14(16,17)18)20-9(7-21)6-11(19-20)8-4-5-8/h1-3,7-9H,4-6H2. The van der Waals surface area contributed by atoms with Crippen LogP contribution in [0.25, 0.3) is 0 Å². The van der Waals surface area contributed by atoms with Gasteiger partial charge in [0.05, 0.1) is 5.69 Å². The van der Waals surface area contributed by atoms with E-state index in [4.69, 9.17) is 0 Å². The van der Waals surface area contributed by atoms with Gasteiger partial charge in [-0.05, 0) is 30.9 Å². The second-order valence-corrected chi connectivity index (χ2v) is 5.25. The molecule has 3 nitrogen and oxygen atoms in total. The molecule has 7 heteroatoms. The highest BCUT2D eigenvalue weighted by Crippen LogP contribution is 2.42. The summed E-state index contributed by atoms with van der Waals surface area (Å²) in [7, 11) is 0. The van der Waals surface area contributed by atoms with E-state index in [-0.39, 0.29) is 5.92 Å². The van der Waals surface area contributed by atoms with Crippen LogP contribution in [0.15, 0.2) is 23.3 Å². The molecule has 3 rings (SSSR count). The number of halogens is 4. The number of aldehydes is 1. The zero-order valence-corrected chi connectivity index (χ0v) is 10.9. The van der Waals surface area contributed by atoms with Crippen LogP contribution in [-0.2, 0) is 11.0 Å². The minimum atomic E-state index is -4.84. The Morgan fingerprint density at radius 2 is 2.00 bits per heavy atom. The van der Waals surface area contributed by atoms with E-state index >= 15 is 0 Å². The van der Waals surface area contributed by atoms with E-state index in [9.17, 15) is 22.4 Å². The summed E-state index contributed by atoms with van der Waals surface area (Å²) in [6, 6.07) is 2.28. The molecule has 1 aromatic carbocycles. The SMILES string of the molecule is O=CC1CC(C2CC2)=NN1c1cccc(F)c1C(F)(F)F. The number of carbonyl (C=O) groups excluding carboxylic acids is 1. The second kappa shape index (κ2) is 4.82. The Labute approximate surface area is 118 Å². The van der Waals surface area contributed by atoms with E-state index in [1.807, 2.05) is 0 Å². The largest absolute Gasteiger partial charge is 0.421 e. The van der Waals surface area contributed by atoms with Gasteiger partial charge in [-0.2, -0.15) is 18.3 Å². The lowest BCUT2D eigenvalue weighted by Gasteiger charge is -2.23. The van der Waals surface area contributed by atoms with E-state index < -0.39 is 29.3 Å². The lowest BCUT2D eigenvalue weighted by molar-refractivity contribution is -0.139. The molecule has 1 aliphatic heterocycles. The number of nitrogens with zero attached hydrogens (tertiary/aromatic N) is 2. The van der Waals surface area contributed by atoms with Gasteiger partial charge in [0.1, 0.15) is 23.7 Å². The lowest BCUT2D eigenvalue weighted by Crippen LogP contribution is -2.30. The van der Waals surface area contributed by atoms with Crippen molar-refractivity contribution in [2.24, 2.45) is 11.0 Å². The zero-order chi connectivity index (χ0) is 15.2. The summed E-state index contributed by atoms with van der Waals surface area (Å²) in [4.78, 5) is 11.1. The quantitative estimate of drug-likeness (QED) is 0.633. The molecule has 0 bridgehead atoms. The average molecular weight is 300 g/mol. The molecule has 0 aromatic heterocycles. The Balaban J connectivity index is 2.06. The molecule has 0 N–H and O–H groups in total. The van der Waals surface area contributed by atoms with Gasteiger partial charge < -0.3 is 4.79 Å². The summed E-state index contributed by atoms with van der Waals surface area (Å²) in [6.45, 7) is 0. The molecule has 0 amide bonds. The van der Waals surface area contributed by atoms with Crippen molar-refractivity contribution < 1.29 is 22.4 Å². The molecule has 0 spiro atoms. The zero-order valence-electron chi connectivity index (χ0n) is 10.9. The van der Waals surface area contributed by atoms with E-state index in [1.165, 1.54) is 6.07 Å². The van der Waals surface area contributed by atoms with Crippen LogP contribution >= 0.6 is 0 Å². The molecule has 0 radical (unpaired) electrons. The van der Waals surface area contributed by atoms with E-state index in [1.54, 1.807) is 0 Å². The van der Waals surface area contributed by atoms with Gasteiger partial charge in [0.2, 0.25) is 0 Å². The van der Waals surface area contributed by atoms with Gasteiger partial charge in [-0.15, -0.1) is 0 Å². The highest BCUT2D eigenvalue weighted by atomic mass is 19.4. The molecule has 2 aliphatic rings. The van der Waals surface area contributed by atoms with Crippen LogP contribution in [0.5, 0.6) is 0 Å². The number of rotatable bonds is 3. The number of hydrazone groups is 1. The monoisotopic (exact) mass is 300 g/mol. The third kappa shape index (κ3) is 2.52. The van der Waals surface area contributed by atoms with Gasteiger partial charge in [0.15, 0.2) is 0 Å². The fraction of sp³-hybridized carbons (Fsp3) is 0.429. The molecular weight excluding hydrogens is 288 g/mol. The molecule has 1 fully saturated rings. The van der Waals surface area contributed by atoms with Crippen molar-refractivity contribution in [2.75, 3.05) is 5.01 Å². The minimum absolute atomic E-state index is 0.250. The van der Waals surface area contributed by atoms with Crippen molar-refractivity contribution in [3.8, 4) is 0 Å². The summed E-state index contributed by atoms with van der Waals surface area (Å²) in [6.07, 6.45) is -2.10. The Bertz CT molecular complexity index is 607. The first-order valence-electron chi connectivity index (χ1n) is 6.59. The first-order valence-corrected chi connectivity index (χ1v) is 6.59. The molecule has 1 aromatic rings. The number of benzene rings is 1. The molecule has 1 atom stereocenters. The first kappa shape index (κ1) is 14.0. The summed E-state index contributed by atoms with van der Waals surface area (Å²) in [5.41, 5.74) is -1.06. The van der Waals surface area contributed by atoms with Gasteiger partial charge in [-0.25, -0.2) is 4.39 Å².